The van der Waals surface area contributed by atoms with Gasteiger partial charge in [-0.15, -0.1) is 0 Å². The zero-order chi connectivity index (χ0) is 14.1. The first-order chi connectivity index (χ1) is 8.86. The van der Waals surface area contributed by atoms with E-state index in [9.17, 15) is 9.35 Å². The molecule has 1 saturated carbocycles. The summed E-state index contributed by atoms with van der Waals surface area (Å²) in [6, 6.07) is 9.55. The molecule has 3 nitrogen and oxygen atoms in total. The summed E-state index contributed by atoms with van der Waals surface area (Å²) in [7, 11) is 0. The maximum atomic E-state index is 12.4. The van der Waals surface area contributed by atoms with Gasteiger partial charge in [-0.2, -0.15) is 0 Å². The standard InChI is InChI=1S/C15H20O3S/c1-14(2,3)19(17)15(9-10-15)13(16)18-11-12-7-5-4-6-8-12/h4-8H,9-11H2,1-3H3. The van der Waals surface area contributed by atoms with E-state index in [4.69, 9.17) is 4.74 Å². The first-order valence-electron chi connectivity index (χ1n) is 6.49. The van der Waals surface area contributed by atoms with Gasteiger partial charge < -0.3 is 9.29 Å². The summed E-state index contributed by atoms with van der Waals surface area (Å²) >= 11 is -1.20. The van der Waals surface area contributed by atoms with E-state index in [1.807, 2.05) is 51.1 Å². The van der Waals surface area contributed by atoms with Crippen molar-refractivity contribution in [3.63, 3.8) is 0 Å². The van der Waals surface area contributed by atoms with Crippen LogP contribution in [-0.2, 0) is 27.3 Å². The van der Waals surface area contributed by atoms with E-state index in [2.05, 4.69) is 0 Å². The molecule has 0 bridgehead atoms. The molecule has 1 aliphatic rings. The van der Waals surface area contributed by atoms with Crippen LogP contribution < -0.4 is 0 Å². The van der Waals surface area contributed by atoms with Crippen LogP contribution in [0.2, 0.25) is 0 Å². The molecule has 0 saturated heterocycles. The molecule has 104 valence electrons. The monoisotopic (exact) mass is 280 g/mol. The number of hydrogen-bond acceptors (Lipinski definition) is 3. The number of hydrogen-bond donors (Lipinski definition) is 0. The van der Waals surface area contributed by atoms with E-state index in [0.717, 1.165) is 5.56 Å². The fraction of sp³-hybridized carbons (Fsp3) is 0.533. The van der Waals surface area contributed by atoms with Gasteiger partial charge in [0, 0.05) is 12.8 Å². The molecular formula is C15H20O3S. The average molecular weight is 280 g/mol. The van der Waals surface area contributed by atoms with Crippen LogP contribution in [0.3, 0.4) is 0 Å². The van der Waals surface area contributed by atoms with Gasteiger partial charge in [0.1, 0.15) is 11.4 Å². The third kappa shape index (κ3) is 3.12. The van der Waals surface area contributed by atoms with Gasteiger partial charge in [-0.3, -0.25) is 0 Å². The van der Waals surface area contributed by atoms with Crippen LogP contribution in [-0.4, -0.2) is 20.0 Å². The highest BCUT2D eigenvalue weighted by Gasteiger charge is 2.65. The fourth-order valence-corrected chi connectivity index (χ4v) is 3.87. The molecule has 1 aromatic carbocycles. The van der Waals surface area contributed by atoms with Gasteiger partial charge in [0.2, 0.25) is 4.75 Å². The van der Waals surface area contributed by atoms with Crippen molar-refractivity contribution in [1.82, 2.24) is 0 Å². The zero-order valence-corrected chi connectivity index (χ0v) is 12.5. The van der Waals surface area contributed by atoms with Crippen LogP contribution in [0.25, 0.3) is 0 Å². The summed E-state index contributed by atoms with van der Waals surface area (Å²) in [5.74, 6) is -0.315. The van der Waals surface area contributed by atoms with Gasteiger partial charge in [0.15, 0.2) is 0 Å². The number of benzene rings is 1. The number of carbonyl (C=O) groups is 1. The summed E-state index contributed by atoms with van der Waals surface area (Å²) < 4.78 is 16.6. The summed E-state index contributed by atoms with van der Waals surface area (Å²) in [6.07, 6.45) is 1.34. The van der Waals surface area contributed by atoms with Crippen molar-refractivity contribution in [2.75, 3.05) is 0 Å². The van der Waals surface area contributed by atoms with Gasteiger partial charge >= 0.3 is 5.97 Å². The third-order valence-electron chi connectivity index (χ3n) is 3.20. The van der Waals surface area contributed by atoms with Gasteiger partial charge in [-0.05, 0) is 37.5 Å². The van der Waals surface area contributed by atoms with E-state index in [1.54, 1.807) is 0 Å². The highest BCUT2D eigenvalue weighted by Crippen LogP contribution is 2.49. The normalized spacial score (nSPS) is 18.7. The maximum absolute atomic E-state index is 12.4. The third-order valence-corrected chi connectivity index (χ3v) is 5.60. The molecule has 2 rings (SSSR count). The fourth-order valence-electron chi connectivity index (χ4n) is 2.02. The molecule has 0 aliphatic heterocycles. The van der Waals surface area contributed by atoms with Crippen molar-refractivity contribution in [2.45, 2.75) is 49.7 Å². The highest BCUT2D eigenvalue weighted by molar-refractivity contribution is 7.95. The molecule has 1 atom stereocenters. The molecule has 4 heteroatoms. The Hall–Kier alpha value is -1.00. The first-order valence-corrected chi connectivity index (χ1v) is 7.64. The predicted molar refractivity (Wildman–Crippen MR) is 76.1 cm³/mol. The number of ether oxygens (including phenoxy) is 1. The second-order valence-electron chi connectivity index (χ2n) is 5.94. The minimum Gasteiger partial charge on any atom is -0.615 e. The summed E-state index contributed by atoms with van der Waals surface area (Å²) in [5, 5.41) is 0. The molecule has 19 heavy (non-hydrogen) atoms. The molecule has 0 N–H and O–H groups in total. The van der Waals surface area contributed by atoms with Crippen LogP contribution in [0.5, 0.6) is 0 Å². The molecule has 0 radical (unpaired) electrons. The lowest BCUT2D eigenvalue weighted by Gasteiger charge is -2.30. The topological polar surface area (TPSA) is 49.4 Å². The summed E-state index contributed by atoms with van der Waals surface area (Å²) in [6.45, 7) is 5.94. The van der Waals surface area contributed by atoms with Crippen LogP contribution in [0.1, 0.15) is 39.2 Å². The van der Waals surface area contributed by atoms with Crippen molar-refractivity contribution in [3.8, 4) is 0 Å². The van der Waals surface area contributed by atoms with E-state index in [-0.39, 0.29) is 17.3 Å². The van der Waals surface area contributed by atoms with Crippen molar-refractivity contribution in [3.05, 3.63) is 35.9 Å². The van der Waals surface area contributed by atoms with Crippen molar-refractivity contribution < 1.29 is 14.1 Å². The summed E-state index contributed by atoms with van der Waals surface area (Å²) in [4.78, 5) is 12.2. The lowest BCUT2D eigenvalue weighted by molar-refractivity contribution is -0.145. The molecule has 0 spiro atoms. The lowest BCUT2D eigenvalue weighted by atomic mass is 10.2. The second kappa shape index (κ2) is 5.17. The van der Waals surface area contributed by atoms with E-state index < -0.39 is 15.9 Å². The first kappa shape index (κ1) is 14.4. The van der Waals surface area contributed by atoms with Crippen LogP contribution in [0, 0.1) is 0 Å². The maximum Gasteiger partial charge on any atom is 0.362 e. The van der Waals surface area contributed by atoms with E-state index in [0.29, 0.717) is 12.8 Å². The molecular weight excluding hydrogens is 260 g/mol. The van der Waals surface area contributed by atoms with Gasteiger partial charge in [0.25, 0.3) is 0 Å². The van der Waals surface area contributed by atoms with Gasteiger partial charge in [-0.1, -0.05) is 30.3 Å². The molecule has 0 amide bonds. The Kier molecular flexibility index (Phi) is 3.92. The Morgan fingerprint density at radius 1 is 1.32 bits per heavy atom. The second-order valence-corrected chi connectivity index (χ2v) is 8.48. The van der Waals surface area contributed by atoms with E-state index in [1.165, 1.54) is 0 Å². The Bertz CT molecular complexity index is 446. The summed E-state index contributed by atoms with van der Waals surface area (Å²) in [5.41, 5.74) is 0.952. The molecule has 1 aromatic rings. The Labute approximate surface area is 117 Å². The largest absolute Gasteiger partial charge is 0.615 e. The molecule has 1 unspecified atom stereocenters. The molecule has 0 aromatic heterocycles. The SMILES string of the molecule is CC(C)(C)[S+]([O-])C1(C(=O)OCc2ccccc2)CC1. The smallest absolute Gasteiger partial charge is 0.362 e. The Morgan fingerprint density at radius 2 is 1.89 bits per heavy atom. The number of esters is 1. The number of carbonyl (C=O) groups excluding carboxylic acids is 1. The van der Waals surface area contributed by atoms with Gasteiger partial charge in [0.05, 0.1) is 0 Å². The predicted octanol–water partition coefficient (Wildman–Crippen LogP) is 2.81. The van der Waals surface area contributed by atoms with Crippen molar-refractivity contribution in [1.29, 1.82) is 0 Å². The van der Waals surface area contributed by atoms with Crippen LogP contribution in [0.4, 0.5) is 0 Å². The lowest BCUT2D eigenvalue weighted by Crippen LogP contribution is -2.44. The Morgan fingerprint density at radius 3 is 2.37 bits per heavy atom. The van der Waals surface area contributed by atoms with Gasteiger partial charge in [-0.25, -0.2) is 4.79 Å². The average Bonchev–Trinajstić information content (AvgIpc) is 3.16. The minimum atomic E-state index is -1.20. The van der Waals surface area contributed by atoms with Crippen LogP contribution in [0.15, 0.2) is 30.3 Å². The van der Waals surface area contributed by atoms with Crippen LogP contribution >= 0.6 is 0 Å². The number of rotatable bonds is 4. The Balaban J connectivity index is 1.97. The quantitative estimate of drug-likeness (QED) is 0.629. The molecule has 1 aliphatic carbocycles. The van der Waals surface area contributed by atoms with Crippen molar-refractivity contribution >= 4 is 17.1 Å². The highest BCUT2D eigenvalue weighted by atomic mass is 32.2. The van der Waals surface area contributed by atoms with Crippen molar-refractivity contribution in [2.24, 2.45) is 0 Å². The minimum absolute atomic E-state index is 0.253. The van der Waals surface area contributed by atoms with E-state index >= 15 is 0 Å². The molecule has 0 heterocycles. The zero-order valence-electron chi connectivity index (χ0n) is 11.6. The molecule has 1 fully saturated rings.